The maximum absolute atomic E-state index is 12.4. The van der Waals surface area contributed by atoms with Crippen LogP contribution in [0.25, 0.3) is 0 Å². The number of hydrogen-bond acceptors (Lipinski definition) is 4. The van der Waals surface area contributed by atoms with Crippen LogP contribution in [0.1, 0.15) is 24.5 Å². The number of likely N-dealkylation sites (tertiary alicyclic amines) is 1. The number of nitrogens with zero attached hydrogens (tertiary/aromatic N) is 1. The summed E-state index contributed by atoms with van der Waals surface area (Å²) in [6.07, 6.45) is 5.29. The molecule has 2 aliphatic carbocycles. The minimum atomic E-state index is -0.430. The highest BCUT2D eigenvalue weighted by Gasteiger charge is 2.65. The molecular formula is C19H20NO4. The first kappa shape index (κ1) is 14.3. The van der Waals surface area contributed by atoms with Crippen LogP contribution in [0.2, 0.25) is 0 Å². The topological polar surface area (TPSA) is 58.7 Å². The summed E-state index contributed by atoms with van der Waals surface area (Å²) >= 11 is 0. The molecule has 125 valence electrons. The third-order valence-corrected chi connectivity index (χ3v) is 6.42. The van der Waals surface area contributed by atoms with Crippen LogP contribution in [-0.2, 0) is 26.5 Å². The zero-order chi connectivity index (χ0) is 16.6. The van der Waals surface area contributed by atoms with Gasteiger partial charge in [0.2, 0.25) is 5.75 Å². The third-order valence-electron chi connectivity index (χ3n) is 6.42. The molecule has 0 N–H and O–H groups in total. The number of carbonyl (C=O) groups is 1. The van der Waals surface area contributed by atoms with Gasteiger partial charge >= 0.3 is 5.97 Å². The fraction of sp³-hybridized carbons (Fsp3) is 0.526. The van der Waals surface area contributed by atoms with Gasteiger partial charge in [-0.25, -0.2) is 0 Å². The number of carbonyl (C=O) groups excluding carboxylic acids is 1. The average molecular weight is 326 g/mol. The Labute approximate surface area is 140 Å². The van der Waals surface area contributed by atoms with Crippen LogP contribution in [0.4, 0.5) is 0 Å². The Morgan fingerprint density at radius 2 is 2.21 bits per heavy atom. The second-order valence-electron chi connectivity index (χ2n) is 7.49. The Bertz CT molecular complexity index is 773. The monoisotopic (exact) mass is 326 g/mol. The van der Waals surface area contributed by atoms with E-state index in [0.717, 1.165) is 24.9 Å². The van der Waals surface area contributed by atoms with Crippen molar-refractivity contribution in [1.82, 2.24) is 4.90 Å². The van der Waals surface area contributed by atoms with E-state index in [9.17, 15) is 9.90 Å². The Morgan fingerprint density at radius 1 is 1.38 bits per heavy atom. The van der Waals surface area contributed by atoms with Crippen molar-refractivity contribution >= 4 is 5.97 Å². The summed E-state index contributed by atoms with van der Waals surface area (Å²) in [5, 5.41) is 12.4. The predicted molar refractivity (Wildman–Crippen MR) is 85.6 cm³/mol. The highest BCUT2D eigenvalue weighted by atomic mass is 16.6. The number of piperidine rings is 1. The van der Waals surface area contributed by atoms with E-state index in [-0.39, 0.29) is 23.2 Å². The van der Waals surface area contributed by atoms with Crippen LogP contribution in [0.15, 0.2) is 24.3 Å². The molecule has 24 heavy (non-hydrogen) atoms. The highest BCUT2D eigenvalue weighted by Crippen LogP contribution is 2.62. The maximum atomic E-state index is 12.4. The number of esters is 1. The van der Waals surface area contributed by atoms with Crippen LogP contribution in [0, 0.1) is 5.92 Å². The largest absolute Gasteiger partial charge is 0.481 e. The van der Waals surface area contributed by atoms with Gasteiger partial charge in [-0.1, -0.05) is 12.1 Å². The molecule has 1 spiro atoms. The molecule has 5 atom stereocenters. The molecule has 0 unspecified atom stereocenters. The maximum Gasteiger partial charge on any atom is 0.303 e. The molecule has 0 saturated carbocycles. The number of benzene rings is 1. The second-order valence-corrected chi connectivity index (χ2v) is 7.49. The van der Waals surface area contributed by atoms with Crippen molar-refractivity contribution in [3.8, 4) is 11.5 Å². The van der Waals surface area contributed by atoms with Gasteiger partial charge in [0.25, 0.3) is 0 Å². The van der Waals surface area contributed by atoms with E-state index in [2.05, 4.69) is 18.0 Å². The van der Waals surface area contributed by atoms with Crippen LogP contribution in [0.3, 0.4) is 0 Å². The van der Waals surface area contributed by atoms with Gasteiger partial charge in [-0.05, 0) is 44.1 Å². The molecule has 1 aromatic carbocycles. The number of ether oxygens (including phenoxy) is 2. The summed E-state index contributed by atoms with van der Waals surface area (Å²) < 4.78 is 11.7. The first-order valence-electron chi connectivity index (χ1n) is 8.58. The molecule has 0 aromatic heterocycles. The first-order chi connectivity index (χ1) is 11.5. The van der Waals surface area contributed by atoms with E-state index >= 15 is 0 Å². The van der Waals surface area contributed by atoms with Crippen molar-refractivity contribution in [2.45, 2.75) is 43.4 Å². The average Bonchev–Trinajstić information content (AvgIpc) is 2.89. The smallest absolute Gasteiger partial charge is 0.303 e. The van der Waals surface area contributed by atoms with Gasteiger partial charge in [0, 0.05) is 29.9 Å². The van der Waals surface area contributed by atoms with E-state index in [4.69, 9.17) is 9.47 Å². The molecule has 1 fully saturated rings. The van der Waals surface area contributed by atoms with Crippen molar-refractivity contribution in [3.63, 3.8) is 0 Å². The summed E-state index contributed by atoms with van der Waals surface area (Å²) in [4.78, 5) is 14.0. The minimum absolute atomic E-state index is 0.0600. The summed E-state index contributed by atoms with van der Waals surface area (Å²) in [5.74, 6) is 0.409. The van der Waals surface area contributed by atoms with Crippen LogP contribution in [-0.4, -0.2) is 42.7 Å². The van der Waals surface area contributed by atoms with Crippen LogP contribution < -0.4 is 4.74 Å². The lowest BCUT2D eigenvalue weighted by Gasteiger charge is -2.56. The lowest BCUT2D eigenvalue weighted by atomic mass is 9.53. The Balaban J connectivity index is 1.74. The molecule has 1 aromatic rings. The lowest BCUT2D eigenvalue weighted by Crippen LogP contribution is -2.65. The molecule has 2 heterocycles. The van der Waals surface area contributed by atoms with Crippen molar-refractivity contribution < 1.29 is 19.4 Å². The molecule has 4 aliphatic rings. The lowest BCUT2D eigenvalue weighted by molar-refractivity contribution is -0.152. The number of hydrogen-bond donors (Lipinski definition) is 0. The fourth-order valence-corrected chi connectivity index (χ4v) is 5.50. The van der Waals surface area contributed by atoms with Crippen molar-refractivity contribution in [1.29, 1.82) is 0 Å². The second kappa shape index (κ2) is 4.54. The normalized spacial score (nSPS) is 38.4. The van der Waals surface area contributed by atoms with Gasteiger partial charge in [0.15, 0.2) is 11.9 Å². The van der Waals surface area contributed by atoms with Crippen LogP contribution in [0.5, 0.6) is 11.5 Å². The summed E-state index contributed by atoms with van der Waals surface area (Å²) in [7, 11) is 2.17. The van der Waals surface area contributed by atoms with Gasteiger partial charge in [-0.15, -0.1) is 0 Å². The first-order valence-corrected chi connectivity index (χ1v) is 8.58. The van der Waals surface area contributed by atoms with E-state index in [0.29, 0.717) is 17.7 Å². The molecule has 5 rings (SSSR count). The molecule has 5 nitrogen and oxygen atoms in total. The highest BCUT2D eigenvalue weighted by molar-refractivity contribution is 5.67. The zero-order valence-electron chi connectivity index (χ0n) is 13.8. The van der Waals surface area contributed by atoms with E-state index in [1.54, 1.807) is 6.07 Å². The summed E-state index contributed by atoms with van der Waals surface area (Å²) in [6, 6.07) is 3.98. The van der Waals surface area contributed by atoms with Gasteiger partial charge in [0.1, 0.15) is 6.10 Å². The predicted octanol–water partition coefficient (Wildman–Crippen LogP) is 2.21. The molecule has 5 heteroatoms. The fourth-order valence-electron chi connectivity index (χ4n) is 5.50. The Morgan fingerprint density at radius 3 is 3.00 bits per heavy atom. The van der Waals surface area contributed by atoms with E-state index < -0.39 is 6.10 Å². The van der Waals surface area contributed by atoms with Crippen molar-refractivity contribution in [2.75, 3.05) is 13.6 Å². The molecule has 0 amide bonds. The number of likely N-dealkylation sites (N-methyl/N-ethyl adjacent to an activating group) is 1. The summed E-state index contributed by atoms with van der Waals surface area (Å²) in [5.41, 5.74) is 2.07. The SMILES string of the molecule is CC(=O)O[C@H]1C=C[C@H]2[C@H]3Cc4ccc([O])c5c4[C@@]2(CCN3C)[C@H]1O5. The summed E-state index contributed by atoms with van der Waals surface area (Å²) in [6.45, 7) is 2.38. The molecular weight excluding hydrogens is 306 g/mol. The molecule has 1 radical (unpaired) electrons. The molecule has 1 saturated heterocycles. The van der Waals surface area contributed by atoms with Crippen molar-refractivity contribution in [2.24, 2.45) is 5.92 Å². The van der Waals surface area contributed by atoms with E-state index in [1.165, 1.54) is 12.5 Å². The molecule has 2 bridgehead atoms. The van der Waals surface area contributed by atoms with Crippen molar-refractivity contribution in [3.05, 3.63) is 35.4 Å². The zero-order valence-corrected chi connectivity index (χ0v) is 13.8. The Hall–Kier alpha value is -2.01. The van der Waals surface area contributed by atoms with E-state index in [1.807, 2.05) is 12.1 Å². The van der Waals surface area contributed by atoms with Gasteiger partial charge in [-0.2, -0.15) is 0 Å². The molecule has 2 aliphatic heterocycles. The standard InChI is InChI=1S/C19H20NO4/c1-10(21)23-15-6-4-12-13-9-11-3-5-14(22)17-16(11)19(12,18(15)24-17)7-8-20(13)2/h3-6,12-13,15,18H,7-9H2,1-2H3/t12-,13+,15-,18-,19-/m0/s1. The van der Waals surface area contributed by atoms with Gasteiger partial charge in [0.05, 0.1) is 0 Å². The van der Waals surface area contributed by atoms with Gasteiger partial charge in [-0.3, -0.25) is 9.90 Å². The Kier molecular flexibility index (Phi) is 2.71. The van der Waals surface area contributed by atoms with Gasteiger partial charge < -0.3 is 14.4 Å². The third kappa shape index (κ3) is 1.56. The minimum Gasteiger partial charge on any atom is -0.481 e. The number of rotatable bonds is 1. The van der Waals surface area contributed by atoms with Crippen LogP contribution >= 0.6 is 0 Å². The quantitative estimate of drug-likeness (QED) is 0.586.